The molecular formula is C14H18N4O. The van der Waals surface area contributed by atoms with E-state index in [-0.39, 0.29) is 5.91 Å². The molecule has 5 heteroatoms. The fraction of sp³-hybridized carbons (Fsp3) is 0.286. The van der Waals surface area contributed by atoms with Gasteiger partial charge in [0.25, 0.3) is 0 Å². The van der Waals surface area contributed by atoms with Crippen molar-refractivity contribution >= 4 is 11.6 Å². The fourth-order valence-electron chi connectivity index (χ4n) is 1.96. The number of carbonyl (C=O) groups is 1. The summed E-state index contributed by atoms with van der Waals surface area (Å²) in [7, 11) is 1.79. The summed E-state index contributed by atoms with van der Waals surface area (Å²) in [6.07, 6.45) is 3.35. The first-order valence-electron chi connectivity index (χ1n) is 6.10. The zero-order valence-electron chi connectivity index (χ0n) is 11.3. The van der Waals surface area contributed by atoms with Crippen LogP contribution in [0.3, 0.4) is 0 Å². The summed E-state index contributed by atoms with van der Waals surface area (Å²) in [5, 5.41) is 6.90. The fourth-order valence-corrected chi connectivity index (χ4v) is 1.96. The van der Waals surface area contributed by atoms with E-state index in [4.69, 9.17) is 5.73 Å². The SMILES string of the molecule is Cc1cccc(C)c1NC(=O)C(N)c1cnn(C)c1. The Morgan fingerprint density at radius 2 is 2.00 bits per heavy atom. The topological polar surface area (TPSA) is 72.9 Å². The minimum Gasteiger partial charge on any atom is -0.324 e. The van der Waals surface area contributed by atoms with Crippen LogP contribution < -0.4 is 11.1 Å². The second kappa shape index (κ2) is 5.24. The number of benzene rings is 1. The number of aromatic nitrogens is 2. The van der Waals surface area contributed by atoms with Gasteiger partial charge in [-0.25, -0.2) is 0 Å². The molecular weight excluding hydrogens is 240 g/mol. The lowest BCUT2D eigenvalue weighted by atomic mass is 10.1. The number of para-hydroxylation sites is 1. The molecule has 3 N–H and O–H groups in total. The maximum absolute atomic E-state index is 12.2. The molecule has 1 aromatic carbocycles. The van der Waals surface area contributed by atoms with Crippen molar-refractivity contribution in [2.75, 3.05) is 5.32 Å². The molecule has 100 valence electrons. The summed E-state index contributed by atoms with van der Waals surface area (Å²) in [5.41, 5.74) is 9.50. The van der Waals surface area contributed by atoms with Crippen LogP contribution >= 0.6 is 0 Å². The van der Waals surface area contributed by atoms with Gasteiger partial charge in [-0.15, -0.1) is 0 Å². The second-order valence-corrected chi connectivity index (χ2v) is 4.68. The largest absolute Gasteiger partial charge is 0.324 e. The van der Waals surface area contributed by atoms with Gasteiger partial charge in [0.1, 0.15) is 6.04 Å². The minimum absolute atomic E-state index is 0.231. The number of anilines is 1. The van der Waals surface area contributed by atoms with Gasteiger partial charge >= 0.3 is 0 Å². The lowest BCUT2D eigenvalue weighted by molar-refractivity contribution is -0.117. The molecule has 0 spiro atoms. The number of nitrogens with zero attached hydrogens (tertiary/aromatic N) is 2. The summed E-state index contributed by atoms with van der Waals surface area (Å²) in [6, 6.07) is 5.16. The average molecular weight is 258 g/mol. The van der Waals surface area contributed by atoms with Gasteiger partial charge < -0.3 is 11.1 Å². The van der Waals surface area contributed by atoms with E-state index < -0.39 is 6.04 Å². The molecule has 0 saturated heterocycles. The van der Waals surface area contributed by atoms with Crippen molar-refractivity contribution in [2.45, 2.75) is 19.9 Å². The first kappa shape index (κ1) is 13.3. The van der Waals surface area contributed by atoms with Crippen LogP contribution in [0.2, 0.25) is 0 Å². The lowest BCUT2D eigenvalue weighted by Gasteiger charge is -2.14. The predicted molar refractivity (Wildman–Crippen MR) is 74.7 cm³/mol. The summed E-state index contributed by atoms with van der Waals surface area (Å²) >= 11 is 0. The van der Waals surface area contributed by atoms with Crippen LogP contribution in [0.4, 0.5) is 5.69 Å². The number of amides is 1. The molecule has 1 amide bonds. The summed E-state index contributed by atoms with van der Waals surface area (Å²) in [6.45, 7) is 3.91. The molecule has 0 fully saturated rings. The summed E-state index contributed by atoms with van der Waals surface area (Å²) in [5.74, 6) is -0.231. The van der Waals surface area contributed by atoms with Crippen LogP contribution in [-0.2, 0) is 11.8 Å². The Kier molecular flexibility index (Phi) is 3.66. The highest BCUT2D eigenvalue weighted by Gasteiger charge is 2.18. The molecule has 5 nitrogen and oxygen atoms in total. The highest BCUT2D eigenvalue weighted by atomic mass is 16.2. The Bertz CT molecular complexity index is 583. The van der Waals surface area contributed by atoms with E-state index in [1.807, 2.05) is 32.0 Å². The van der Waals surface area contributed by atoms with Crippen LogP contribution in [0.1, 0.15) is 22.7 Å². The van der Waals surface area contributed by atoms with Crippen molar-refractivity contribution in [3.63, 3.8) is 0 Å². The third-order valence-corrected chi connectivity index (χ3v) is 3.10. The number of rotatable bonds is 3. The maximum Gasteiger partial charge on any atom is 0.246 e. The van der Waals surface area contributed by atoms with Gasteiger partial charge in [0.15, 0.2) is 0 Å². The van der Waals surface area contributed by atoms with Gasteiger partial charge in [-0.1, -0.05) is 18.2 Å². The van der Waals surface area contributed by atoms with E-state index in [1.54, 1.807) is 24.1 Å². The van der Waals surface area contributed by atoms with Crippen LogP contribution in [0.25, 0.3) is 0 Å². The van der Waals surface area contributed by atoms with Gasteiger partial charge in [-0.05, 0) is 25.0 Å². The molecule has 0 aliphatic carbocycles. The van der Waals surface area contributed by atoms with E-state index >= 15 is 0 Å². The standard InChI is InChI=1S/C14H18N4O/c1-9-5-4-6-10(2)13(9)17-14(19)12(15)11-7-16-18(3)8-11/h4-8,12H,15H2,1-3H3,(H,17,19). The average Bonchev–Trinajstić information content (AvgIpc) is 2.79. The van der Waals surface area contributed by atoms with Gasteiger partial charge in [-0.2, -0.15) is 5.10 Å². The number of hydrogen-bond acceptors (Lipinski definition) is 3. The van der Waals surface area contributed by atoms with Crippen molar-refractivity contribution in [3.05, 3.63) is 47.3 Å². The first-order valence-corrected chi connectivity index (χ1v) is 6.10. The van der Waals surface area contributed by atoms with E-state index in [2.05, 4.69) is 10.4 Å². The molecule has 0 radical (unpaired) electrons. The van der Waals surface area contributed by atoms with Crippen molar-refractivity contribution in [2.24, 2.45) is 12.8 Å². The van der Waals surface area contributed by atoms with Crippen molar-refractivity contribution < 1.29 is 4.79 Å². The molecule has 0 bridgehead atoms. The van der Waals surface area contributed by atoms with Crippen molar-refractivity contribution in [3.8, 4) is 0 Å². The van der Waals surface area contributed by atoms with Crippen molar-refractivity contribution in [1.82, 2.24) is 9.78 Å². The monoisotopic (exact) mass is 258 g/mol. The van der Waals surface area contributed by atoms with Gasteiger partial charge in [0, 0.05) is 24.5 Å². The molecule has 1 heterocycles. The van der Waals surface area contributed by atoms with Crippen LogP contribution in [-0.4, -0.2) is 15.7 Å². The Balaban J connectivity index is 2.17. The Hall–Kier alpha value is -2.14. The van der Waals surface area contributed by atoms with Crippen LogP contribution in [0.5, 0.6) is 0 Å². The minimum atomic E-state index is -0.715. The molecule has 2 aromatic rings. The second-order valence-electron chi connectivity index (χ2n) is 4.68. The third kappa shape index (κ3) is 2.82. The van der Waals surface area contributed by atoms with Crippen LogP contribution in [0, 0.1) is 13.8 Å². The van der Waals surface area contributed by atoms with Gasteiger partial charge in [0.2, 0.25) is 5.91 Å². The number of nitrogens with two attached hydrogens (primary N) is 1. The Morgan fingerprint density at radius 1 is 1.37 bits per heavy atom. The molecule has 0 aliphatic heterocycles. The highest BCUT2D eigenvalue weighted by Crippen LogP contribution is 2.21. The molecule has 0 saturated carbocycles. The molecule has 1 aromatic heterocycles. The van der Waals surface area contributed by atoms with E-state index in [9.17, 15) is 4.79 Å². The number of nitrogens with one attached hydrogen (secondary N) is 1. The summed E-state index contributed by atoms with van der Waals surface area (Å²) < 4.78 is 1.63. The van der Waals surface area contributed by atoms with E-state index in [0.29, 0.717) is 5.56 Å². The zero-order valence-corrected chi connectivity index (χ0v) is 11.3. The number of carbonyl (C=O) groups excluding carboxylic acids is 1. The third-order valence-electron chi connectivity index (χ3n) is 3.10. The van der Waals surface area contributed by atoms with Crippen LogP contribution in [0.15, 0.2) is 30.6 Å². The number of aryl methyl sites for hydroxylation is 3. The predicted octanol–water partition coefficient (Wildman–Crippen LogP) is 1.68. The van der Waals surface area contributed by atoms with E-state index in [1.165, 1.54) is 0 Å². The normalized spacial score (nSPS) is 12.2. The smallest absolute Gasteiger partial charge is 0.246 e. The lowest BCUT2D eigenvalue weighted by Crippen LogP contribution is -2.28. The molecule has 2 rings (SSSR count). The highest BCUT2D eigenvalue weighted by molar-refractivity contribution is 5.96. The Labute approximate surface area is 112 Å². The first-order chi connectivity index (χ1) is 8.99. The van der Waals surface area contributed by atoms with E-state index in [0.717, 1.165) is 16.8 Å². The van der Waals surface area contributed by atoms with Gasteiger partial charge in [0.05, 0.1) is 6.20 Å². The molecule has 1 unspecified atom stereocenters. The maximum atomic E-state index is 12.2. The molecule has 19 heavy (non-hydrogen) atoms. The molecule has 0 aliphatic rings. The zero-order chi connectivity index (χ0) is 14.0. The van der Waals surface area contributed by atoms with Crippen molar-refractivity contribution in [1.29, 1.82) is 0 Å². The molecule has 1 atom stereocenters. The summed E-state index contributed by atoms with van der Waals surface area (Å²) in [4.78, 5) is 12.2. The number of hydrogen-bond donors (Lipinski definition) is 2. The van der Waals surface area contributed by atoms with Gasteiger partial charge in [-0.3, -0.25) is 9.48 Å². The Morgan fingerprint density at radius 3 is 2.53 bits per heavy atom. The quantitative estimate of drug-likeness (QED) is 0.879.